The van der Waals surface area contributed by atoms with E-state index in [1.165, 1.54) is 0 Å². The van der Waals surface area contributed by atoms with Gasteiger partial charge in [-0.1, -0.05) is 71.4 Å². The molecule has 6 heteroatoms. The third-order valence-electron chi connectivity index (χ3n) is 6.38. The molecule has 0 aromatic heterocycles. The number of amides is 2. The number of benzene rings is 3. The molecular weight excluding hydrogens is 516 g/mol. The molecule has 0 fully saturated rings. The smallest absolute Gasteiger partial charge is 0.261 e. The third kappa shape index (κ3) is 7.95. The van der Waals surface area contributed by atoms with Gasteiger partial charge in [0.1, 0.15) is 11.8 Å². The molecule has 2 atom stereocenters. The molecule has 0 bridgehead atoms. The van der Waals surface area contributed by atoms with Gasteiger partial charge < -0.3 is 15.0 Å². The van der Waals surface area contributed by atoms with Gasteiger partial charge in [-0.25, -0.2) is 0 Å². The predicted octanol–water partition coefficient (Wildman–Crippen LogP) is 6.00. The molecule has 3 aromatic rings. The second-order valence-electron chi connectivity index (χ2n) is 9.21. The average Bonchev–Trinajstić information content (AvgIpc) is 2.88. The molecule has 190 valence electrons. The number of hydrogen-bond acceptors (Lipinski definition) is 3. The molecule has 3 aromatic carbocycles. The van der Waals surface area contributed by atoms with E-state index in [0.717, 1.165) is 33.1 Å². The highest BCUT2D eigenvalue weighted by molar-refractivity contribution is 9.10. The molecule has 0 radical (unpaired) electrons. The van der Waals surface area contributed by atoms with Gasteiger partial charge in [-0.05, 0) is 73.7 Å². The zero-order valence-corrected chi connectivity index (χ0v) is 23.0. The van der Waals surface area contributed by atoms with Crippen molar-refractivity contribution in [2.24, 2.45) is 0 Å². The lowest BCUT2D eigenvalue weighted by Crippen LogP contribution is -2.53. The van der Waals surface area contributed by atoms with Crippen molar-refractivity contribution in [3.63, 3.8) is 0 Å². The zero-order chi connectivity index (χ0) is 26.1. The van der Waals surface area contributed by atoms with Crippen LogP contribution in [0.3, 0.4) is 0 Å². The Morgan fingerprint density at radius 1 is 0.944 bits per heavy atom. The van der Waals surface area contributed by atoms with Crippen LogP contribution in [0.25, 0.3) is 0 Å². The van der Waals surface area contributed by atoms with E-state index in [9.17, 15) is 9.59 Å². The Morgan fingerprint density at radius 3 is 2.28 bits per heavy atom. The van der Waals surface area contributed by atoms with Gasteiger partial charge in [-0.3, -0.25) is 9.59 Å². The summed E-state index contributed by atoms with van der Waals surface area (Å²) in [5, 5.41) is 3.09. The van der Waals surface area contributed by atoms with Crippen LogP contribution in [0, 0.1) is 13.8 Å². The summed E-state index contributed by atoms with van der Waals surface area (Å²) in [5.41, 5.74) is 4.19. The highest BCUT2D eigenvalue weighted by Crippen LogP contribution is 2.19. The topological polar surface area (TPSA) is 58.6 Å². The molecule has 0 unspecified atom stereocenters. The van der Waals surface area contributed by atoms with Crippen LogP contribution in [0.4, 0.5) is 0 Å². The van der Waals surface area contributed by atoms with Crippen LogP contribution in [-0.4, -0.2) is 35.4 Å². The Balaban J connectivity index is 1.90. The fraction of sp³-hybridized carbons (Fsp3) is 0.333. The number of nitrogens with one attached hydrogen (secondary N) is 1. The van der Waals surface area contributed by atoms with Gasteiger partial charge >= 0.3 is 0 Å². The fourth-order valence-electron chi connectivity index (χ4n) is 3.81. The van der Waals surface area contributed by atoms with E-state index in [2.05, 4.69) is 21.2 Å². The maximum atomic E-state index is 13.6. The first-order chi connectivity index (χ1) is 17.3. The Kier molecular flexibility index (Phi) is 10.1. The highest BCUT2D eigenvalue weighted by atomic mass is 79.9. The number of carbonyl (C=O) groups excluding carboxylic acids is 2. The van der Waals surface area contributed by atoms with Crippen LogP contribution < -0.4 is 10.1 Å². The molecule has 1 N–H and O–H groups in total. The molecule has 5 nitrogen and oxygen atoms in total. The van der Waals surface area contributed by atoms with Gasteiger partial charge in [0, 0.05) is 23.5 Å². The molecule has 0 spiro atoms. The second-order valence-corrected chi connectivity index (χ2v) is 10.1. The number of halogens is 1. The van der Waals surface area contributed by atoms with E-state index in [-0.39, 0.29) is 24.5 Å². The van der Waals surface area contributed by atoms with Gasteiger partial charge in [0.15, 0.2) is 6.61 Å². The normalized spacial score (nSPS) is 12.5. The lowest BCUT2D eigenvalue weighted by molar-refractivity contribution is -0.143. The van der Waals surface area contributed by atoms with E-state index < -0.39 is 6.04 Å². The maximum Gasteiger partial charge on any atom is 0.261 e. The molecule has 0 aliphatic rings. The Labute approximate surface area is 223 Å². The SMILES string of the molecule is CC[C@@H](C)NC(=O)[C@H](Cc1ccccc1)N(Cc1ccc(Br)cc1)C(=O)COc1ccc(C)c(C)c1. The summed E-state index contributed by atoms with van der Waals surface area (Å²) < 4.78 is 6.85. The predicted molar refractivity (Wildman–Crippen MR) is 148 cm³/mol. The number of aryl methyl sites for hydroxylation is 2. The number of hydrogen-bond donors (Lipinski definition) is 1. The van der Waals surface area contributed by atoms with Gasteiger partial charge in [0.05, 0.1) is 0 Å². The summed E-state index contributed by atoms with van der Waals surface area (Å²) in [5.74, 6) is 0.236. The Hall–Kier alpha value is -3.12. The molecule has 3 rings (SSSR count). The van der Waals surface area contributed by atoms with Crippen molar-refractivity contribution in [3.05, 3.63) is 99.5 Å². The Bertz CT molecular complexity index is 1150. The number of carbonyl (C=O) groups is 2. The van der Waals surface area contributed by atoms with Gasteiger partial charge in [-0.15, -0.1) is 0 Å². The van der Waals surface area contributed by atoms with Crippen molar-refractivity contribution in [1.29, 1.82) is 0 Å². The molecule has 36 heavy (non-hydrogen) atoms. The fourth-order valence-corrected chi connectivity index (χ4v) is 4.08. The first kappa shape index (κ1) is 27.5. The largest absolute Gasteiger partial charge is 0.484 e. The van der Waals surface area contributed by atoms with E-state index in [1.54, 1.807) is 4.90 Å². The van der Waals surface area contributed by atoms with E-state index in [4.69, 9.17) is 4.74 Å². The van der Waals surface area contributed by atoms with Crippen molar-refractivity contribution in [2.75, 3.05) is 6.61 Å². The molecule has 0 saturated heterocycles. The van der Waals surface area contributed by atoms with Crippen LogP contribution >= 0.6 is 15.9 Å². The number of ether oxygens (including phenoxy) is 1. The van der Waals surface area contributed by atoms with E-state index >= 15 is 0 Å². The molecule has 0 heterocycles. The summed E-state index contributed by atoms with van der Waals surface area (Å²) in [6.07, 6.45) is 1.22. The van der Waals surface area contributed by atoms with E-state index in [1.807, 2.05) is 100 Å². The Morgan fingerprint density at radius 2 is 1.64 bits per heavy atom. The molecule has 0 aliphatic carbocycles. The average molecular weight is 552 g/mol. The van der Waals surface area contributed by atoms with Crippen LogP contribution in [0.2, 0.25) is 0 Å². The summed E-state index contributed by atoms with van der Waals surface area (Å²) >= 11 is 3.47. The van der Waals surface area contributed by atoms with Crippen molar-refractivity contribution >= 4 is 27.7 Å². The minimum absolute atomic E-state index is 0.00666. The number of rotatable bonds is 11. The van der Waals surface area contributed by atoms with Crippen LogP contribution in [0.1, 0.15) is 42.5 Å². The minimum atomic E-state index is -0.680. The lowest BCUT2D eigenvalue weighted by Gasteiger charge is -2.32. The highest BCUT2D eigenvalue weighted by Gasteiger charge is 2.31. The van der Waals surface area contributed by atoms with Crippen LogP contribution in [-0.2, 0) is 22.6 Å². The van der Waals surface area contributed by atoms with Crippen molar-refractivity contribution in [2.45, 2.75) is 59.2 Å². The van der Waals surface area contributed by atoms with Gasteiger partial charge in [0.25, 0.3) is 5.91 Å². The molecule has 0 saturated carbocycles. The standard InChI is InChI=1S/C30H35BrN2O3/c1-5-23(4)32-30(35)28(18-24-9-7-6-8-10-24)33(19-25-12-14-26(31)15-13-25)29(34)20-36-27-16-11-21(2)22(3)17-27/h6-17,23,28H,5,18-20H2,1-4H3,(H,32,35)/t23-,28+/m1/s1. The lowest BCUT2D eigenvalue weighted by atomic mass is 10.0. The van der Waals surface area contributed by atoms with Gasteiger partial charge in [-0.2, -0.15) is 0 Å². The third-order valence-corrected chi connectivity index (χ3v) is 6.91. The summed E-state index contributed by atoms with van der Waals surface area (Å²) in [4.78, 5) is 28.8. The maximum absolute atomic E-state index is 13.6. The first-order valence-electron chi connectivity index (χ1n) is 12.3. The van der Waals surface area contributed by atoms with E-state index in [0.29, 0.717) is 18.7 Å². The van der Waals surface area contributed by atoms with Gasteiger partial charge in [0.2, 0.25) is 5.91 Å². The zero-order valence-electron chi connectivity index (χ0n) is 21.5. The minimum Gasteiger partial charge on any atom is -0.484 e. The first-order valence-corrected chi connectivity index (χ1v) is 13.1. The van der Waals surface area contributed by atoms with Crippen LogP contribution in [0.5, 0.6) is 5.75 Å². The monoisotopic (exact) mass is 550 g/mol. The number of nitrogens with zero attached hydrogens (tertiary/aromatic N) is 1. The summed E-state index contributed by atoms with van der Waals surface area (Å²) in [6.45, 7) is 8.20. The summed E-state index contributed by atoms with van der Waals surface area (Å²) in [7, 11) is 0. The molecule has 0 aliphatic heterocycles. The molecular formula is C30H35BrN2O3. The summed E-state index contributed by atoms with van der Waals surface area (Å²) in [6, 6.07) is 22.7. The second kappa shape index (κ2) is 13.3. The quantitative estimate of drug-likeness (QED) is 0.318. The van der Waals surface area contributed by atoms with Crippen LogP contribution in [0.15, 0.2) is 77.3 Å². The van der Waals surface area contributed by atoms with Crippen molar-refractivity contribution in [3.8, 4) is 5.75 Å². The molecule has 2 amide bonds. The van der Waals surface area contributed by atoms with Crippen molar-refractivity contribution < 1.29 is 14.3 Å². The van der Waals surface area contributed by atoms with Crippen molar-refractivity contribution in [1.82, 2.24) is 10.2 Å².